The summed E-state index contributed by atoms with van der Waals surface area (Å²) in [5, 5.41) is 0. The van der Waals surface area contributed by atoms with Gasteiger partial charge in [-0.2, -0.15) is 0 Å². The predicted molar refractivity (Wildman–Crippen MR) is 84.6 cm³/mol. The minimum Gasteiger partial charge on any atom is -0.456 e. The Morgan fingerprint density at radius 1 is 1.10 bits per heavy atom. The summed E-state index contributed by atoms with van der Waals surface area (Å²) < 4.78 is 5.91. The second-order valence-electron chi connectivity index (χ2n) is 5.67. The van der Waals surface area contributed by atoms with Crippen LogP contribution in [0.1, 0.15) is 49.0 Å². The van der Waals surface area contributed by atoms with Crippen LogP contribution in [0, 0.1) is 0 Å². The molecule has 1 heterocycles. The van der Waals surface area contributed by atoms with Crippen molar-refractivity contribution in [2.75, 3.05) is 0 Å². The third-order valence-corrected chi connectivity index (χ3v) is 4.13. The molecular weight excluding hydrogens is 260 g/mol. The number of hydrogen-bond acceptors (Lipinski definition) is 3. The van der Waals surface area contributed by atoms with Gasteiger partial charge in [-0.25, -0.2) is 0 Å². The van der Waals surface area contributed by atoms with E-state index in [1.165, 1.54) is 30.4 Å². The van der Waals surface area contributed by atoms with Crippen LogP contribution in [0.15, 0.2) is 36.5 Å². The molecule has 2 N–H and O–H groups in total. The highest BCUT2D eigenvalue weighted by Gasteiger charge is 2.10. The Kier molecular flexibility index (Phi) is 4.20. The van der Waals surface area contributed by atoms with E-state index in [0.29, 0.717) is 0 Å². The van der Waals surface area contributed by atoms with Crippen molar-refractivity contribution < 1.29 is 4.74 Å². The number of aryl methyl sites for hydroxylation is 2. The lowest BCUT2D eigenvalue weighted by atomic mass is 9.92. The van der Waals surface area contributed by atoms with E-state index >= 15 is 0 Å². The predicted octanol–water partition coefficient (Wildman–Crippen LogP) is 4.16. The van der Waals surface area contributed by atoms with Crippen LogP contribution in [0.3, 0.4) is 0 Å². The molecule has 0 amide bonds. The van der Waals surface area contributed by atoms with Crippen LogP contribution in [0.2, 0.25) is 0 Å². The molecule has 0 spiro atoms. The van der Waals surface area contributed by atoms with Gasteiger partial charge in [0.1, 0.15) is 11.5 Å². The fourth-order valence-corrected chi connectivity index (χ4v) is 2.79. The minimum atomic E-state index is 0.00259. The SMILES string of the molecule is CC[C@H](N)c1ccc(Oc2ccc3c(c2)CCCC3)cn1. The summed E-state index contributed by atoms with van der Waals surface area (Å²) in [4.78, 5) is 4.38. The molecule has 0 radical (unpaired) electrons. The Morgan fingerprint density at radius 2 is 1.86 bits per heavy atom. The van der Waals surface area contributed by atoms with Crippen LogP contribution in [-0.4, -0.2) is 4.98 Å². The van der Waals surface area contributed by atoms with Crippen LogP contribution in [0.5, 0.6) is 11.5 Å². The number of benzene rings is 1. The smallest absolute Gasteiger partial charge is 0.145 e. The molecule has 0 aliphatic heterocycles. The van der Waals surface area contributed by atoms with Crippen LogP contribution < -0.4 is 10.5 Å². The van der Waals surface area contributed by atoms with E-state index in [1.807, 2.05) is 12.1 Å². The van der Waals surface area contributed by atoms with E-state index in [2.05, 4.69) is 30.1 Å². The maximum atomic E-state index is 5.97. The summed E-state index contributed by atoms with van der Waals surface area (Å²) >= 11 is 0. The van der Waals surface area contributed by atoms with Crippen molar-refractivity contribution in [3.8, 4) is 11.5 Å². The average molecular weight is 282 g/mol. The summed E-state index contributed by atoms with van der Waals surface area (Å²) in [6, 6.07) is 10.3. The minimum absolute atomic E-state index is 0.00259. The summed E-state index contributed by atoms with van der Waals surface area (Å²) in [7, 11) is 0. The highest BCUT2D eigenvalue weighted by atomic mass is 16.5. The van der Waals surface area contributed by atoms with Gasteiger partial charge in [-0.1, -0.05) is 13.0 Å². The number of hydrogen-bond donors (Lipinski definition) is 1. The molecule has 0 saturated heterocycles. The zero-order valence-corrected chi connectivity index (χ0v) is 12.5. The van der Waals surface area contributed by atoms with Crippen molar-refractivity contribution >= 4 is 0 Å². The molecule has 1 aromatic heterocycles. The van der Waals surface area contributed by atoms with Crippen LogP contribution >= 0.6 is 0 Å². The second-order valence-corrected chi connectivity index (χ2v) is 5.67. The summed E-state index contributed by atoms with van der Waals surface area (Å²) in [5.41, 5.74) is 9.78. The van der Waals surface area contributed by atoms with Gasteiger partial charge in [0.25, 0.3) is 0 Å². The molecule has 21 heavy (non-hydrogen) atoms. The van der Waals surface area contributed by atoms with E-state index in [1.54, 1.807) is 6.20 Å². The standard InChI is InChI=1S/C18H22N2O/c1-2-17(19)18-10-9-16(12-20-18)21-15-8-7-13-5-3-4-6-14(13)11-15/h7-12,17H,2-6,19H2,1H3/t17-/m0/s1. The Bertz CT molecular complexity index is 607. The molecule has 1 aliphatic carbocycles. The van der Waals surface area contributed by atoms with Crippen molar-refractivity contribution in [3.05, 3.63) is 53.3 Å². The van der Waals surface area contributed by atoms with E-state index in [9.17, 15) is 0 Å². The maximum Gasteiger partial charge on any atom is 0.145 e. The first-order chi connectivity index (χ1) is 10.3. The molecular formula is C18H22N2O. The summed E-state index contributed by atoms with van der Waals surface area (Å²) in [6.45, 7) is 2.06. The summed E-state index contributed by atoms with van der Waals surface area (Å²) in [5.74, 6) is 1.66. The van der Waals surface area contributed by atoms with Gasteiger partial charge >= 0.3 is 0 Å². The zero-order chi connectivity index (χ0) is 14.7. The molecule has 1 atom stereocenters. The van der Waals surface area contributed by atoms with Crippen molar-refractivity contribution in [2.24, 2.45) is 5.73 Å². The number of ether oxygens (including phenoxy) is 1. The molecule has 0 saturated carbocycles. The lowest BCUT2D eigenvalue weighted by Gasteiger charge is -2.16. The number of nitrogens with zero attached hydrogens (tertiary/aromatic N) is 1. The topological polar surface area (TPSA) is 48.1 Å². The lowest BCUT2D eigenvalue weighted by molar-refractivity contribution is 0.477. The molecule has 0 unspecified atom stereocenters. The molecule has 0 bridgehead atoms. The molecule has 3 rings (SSSR count). The van der Waals surface area contributed by atoms with Crippen LogP contribution in [0.25, 0.3) is 0 Å². The summed E-state index contributed by atoms with van der Waals surface area (Å²) in [6.07, 6.45) is 7.58. The van der Waals surface area contributed by atoms with E-state index in [-0.39, 0.29) is 6.04 Å². The molecule has 1 aliphatic rings. The average Bonchev–Trinajstić information content (AvgIpc) is 2.55. The van der Waals surface area contributed by atoms with Gasteiger partial charge in [0, 0.05) is 6.04 Å². The third kappa shape index (κ3) is 3.24. The van der Waals surface area contributed by atoms with Gasteiger partial charge < -0.3 is 10.5 Å². The highest BCUT2D eigenvalue weighted by molar-refractivity contribution is 5.39. The number of aromatic nitrogens is 1. The number of rotatable bonds is 4. The van der Waals surface area contributed by atoms with E-state index < -0.39 is 0 Å². The monoisotopic (exact) mass is 282 g/mol. The second kappa shape index (κ2) is 6.27. The van der Waals surface area contributed by atoms with Crippen molar-refractivity contribution in [1.82, 2.24) is 4.98 Å². The van der Waals surface area contributed by atoms with Crippen molar-refractivity contribution in [1.29, 1.82) is 0 Å². The van der Waals surface area contributed by atoms with Gasteiger partial charge in [0.15, 0.2) is 0 Å². The quantitative estimate of drug-likeness (QED) is 0.916. The number of nitrogens with two attached hydrogens (primary N) is 1. The van der Waals surface area contributed by atoms with Crippen LogP contribution in [0.4, 0.5) is 0 Å². The molecule has 3 heteroatoms. The van der Waals surface area contributed by atoms with Crippen LogP contribution in [-0.2, 0) is 12.8 Å². The van der Waals surface area contributed by atoms with Gasteiger partial charge in [-0.3, -0.25) is 4.98 Å². The first-order valence-electron chi connectivity index (χ1n) is 7.77. The molecule has 110 valence electrons. The molecule has 3 nitrogen and oxygen atoms in total. The zero-order valence-electron chi connectivity index (χ0n) is 12.5. The maximum absolute atomic E-state index is 5.97. The molecule has 1 aromatic carbocycles. The van der Waals surface area contributed by atoms with Gasteiger partial charge in [-0.15, -0.1) is 0 Å². The lowest BCUT2D eigenvalue weighted by Crippen LogP contribution is -2.10. The third-order valence-electron chi connectivity index (χ3n) is 4.13. The van der Waals surface area contributed by atoms with Gasteiger partial charge in [-0.05, 0) is 67.5 Å². The fourth-order valence-electron chi connectivity index (χ4n) is 2.79. The van der Waals surface area contributed by atoms with Crippen molar-refractivity contribution in [2.45, 2.75) is 45.1 Å². The fraction of sp³-hybridized carbons (Fsp3) is 0.389. The highest BCUT2D eigenvalue weighted by Crippen LogP contribution is 2.28. The van der Waals surface area contributed by atoms with Gasteiger partial charge in [0.2, 0.25) is 0 Å². The number of pyridine rings is 1. The van der Waals surface area contributed by atoms with Gasteiger partial charge in [0.05, 0.1) is 11.9 Å². The molecule has 0 fully saturated rings. The van der Waals surface area contributed by atoms with Crippen molar-refractivity contribution in [3.63, 3.8) is 0 Å². The van der Waals surface area contributed by atoms with E-state index in [0.717, 1.165) is 30.0 Å². The van der Waals surface area contributed by atoms with E-state index in [4.69, 9.17) is 10.5 Å². The molecule has 2 aromatic rings. The Morgan fingerprint density at radius 3 is 2.57 bits per heavy atom. The first-order valence-corrected chi connectivity index (χ1v) is 7.77. The normalized spacial score (nSPS) is 15.3. The Balaban J connectivity index is 1.74. The Hall–Kier alpha value is -1.87. The Labute approximate surface area is 126 Å². The largest absolute Gasteiger partial charge is 0.456 e. The first kappa shape index (κ1) is 14.1. The number of fused-ring (bicyclic) bond motifs is 1.